The van der Waals surface area contributed by atoms with E-state index >= 15 is 0 Å². The van der Waals surface area contributed by atoms with Gasteiger partial charge in [0.15, 0.2) is 6.61 Å². The van der Waals surface area contributed by atoms with Gasteiger partial charge in [-0.15, -0.1) is 0 Å². The Bertz CT molecular complexity index is 307. The van der Waals surface area contributed by atoms with Crippen LogP contribution in [0, 0.1) is 17.9 Å². The van der Waals surface area contributed by atoms with Gasteiger partial charge in [-0.2, -0.15) is 5.26 Å². The van der Waals surface area contributed by atoms with E-state index in [1.54, 1.807) is 6.07 Å². The SMILES string of the molecule is [C-]#[N+]COC(=O)CCCCCCC(=O)OCC#N. The van der Waals surface area contributed by atoms with Crippen LogP contribution in [0.3, 0.4) is 0 Å². The van der Waals surface area contributed by atoms with Crippen molar-refractivity contribution in [3.63, 3.8) is 0 Å². The van der Waals surface area contributed by atoms with Crippen LogP contribution in [0.25, 0.3) is 4.85 Å². The Balaban J connectivity index is 3.31. The molecule has 0 bridgehead atoms. The first-order valence-electron chi connectivity index (χ1n) is 5.72. The van der Waals surface area contributed by atoms with Gasteiger partial charge in [-0.25, -0.2) is 6.57 Å². The van der Waals surface area contributed by atoms with Crippen molar-refractivity contribution in [2.45, 2.75) is 38.5 Å². The number of carbonyl (C=O) groups is 2. The van der Waals surface area contributed by atoms with Crippen molar-refractivity contribution < 1.29 is 19.1 Å². The lowest BCUT2D eigenvalue weighted by molar-refractivity contribution is -0.143. The Hall–Kier alpha value is -2.08. The Morgan fingerprint density at radius 2 is 1.61 bits per heavy atom. The monoisotopic (exact) mass is 252 g/mol. The van der Waals surface area contributed by atoms with Crippen molar-refractivity contribution in [3.05, 3.63) is 11.4 Å². The highest BCUT2D eigenvalue weighted by Gasteiger charge is 2.04. The number of nitrogens with zero attached hydrogens (tertiary/aromatic N) is 2. The molecule has 0 aromatic carbocycles. The van der Waals surface area contributed by atoms with Crippen molar-refractivity contribution in [2.75, 3.05) is 13.3 Å². The summed E-state index contributed by atoms with van der Waals surface area (Å²) in [6, 6.07) is 1.72. The number of unbranched alkanes of at least 4 members (excludes halogenated alkanes) is 3. The lowest BCUT2D eigenvalue weighted by Gasteiger charge is -2.01. The van der Waals surface area contributed by atoms with E-state index in [0.717, 1.165) is 12.8 Å². The van der Waals surface area contributed by atoms with E-state index in [4.69, 9.17) is 11.8 Å². The molecule has 0 aliphatic rings. The molecule has 0 heterocycles. The first-order valence-corrected chi connectivity index (χ1v) is 5.72. The minimum Gasteiger partial charge on any atom is -0.450 e. The van der Waals surface area contributed by atoms with Gasteiger partial charge in [0.05, 0.1) is 0 Å². The maximum absolute atomic E-state index is 11.0. The molecule has 0 aliphatic heterocycles. The van der Waals surface area contributed by atoms with E-state index < -0.39 is 0 Å². The number of hydrogen-bond acceptors (Lipinski definition) is 5. The second-order valence-electron chi connectivity index (χ2n) is 3.54. The predicted octanol–water partition coefficient (Wildman–Crippen LogP) is 1.81. The minimum atomic E-state index is -0.368. The molecule has 0 saturated carbocycles. The van der Waals surface area contributed by atoms with Crippen LogP contribution in [0.4, 0.5) is 0 Å². The highest BCUT2D eigenvalue weighted by Crippen LogP contribution is 2.06. The molecule has 0 fully saturated rings. The van der Waals surface area contributed by atoms with Gasteiger partial charge in [-0.1, -0.05) is 12.8 Å². The van der Waals surface area contributed by atoms with E-state index in [1.807, 2.05) is 0 Å². The van der Waals surface area contributed by atoms with Gasteiger partial charge in [0.1, 0.15) is 6.07 Å². The smallest absolute Gasteiger partial charge is 0.359 e. The Morgan fingerprint density at radius 3 is 2.11 bits per heavy atom. The quantitative estimate of drug-likeness (QED) is 0.355. The fourth-order valence-corrected chi connectivity index (χ4v) is 1.25. The molecule has 6 heteroatoms. The van der Waals surface area contributed by atoms with Crippen molar-refractivity contribution in [3.8, 4) is 6.07 Å². The third-order valence-electron chi connectivity index (χ3n) is 2.10. The molecule has 0 unspecified atom stereocenters. The Morgan fingerprint density at radius 1 is 1.06 bits per heavy atom. The summed E-state index contributed by atoms with van der Waals surface area (Å²) in [6.45, 7) is 6.01. The summed E-state index contributed by atoms with van der Waals surface area (Å²) in [5.41, 5.74) is 0. The second-order valence-corrected chi connectivity index (χ2v) is 3.54. The largest absolute Gasteiger partial charge is 0.450 e. The number of hydrogen-bond donors (Lipinski definition) is 0. The normalized spacial score (nSPS) is 9.00. The zero-order valence-corrected chi connectivity index (χ0v) is 10.2. The van der Waals surface area contributed by atoms with E-state index in [2.05, 4.69) is 14.3 Å². The van der Waals surface area contributed by atoms with Gasteiger partial charge in [0, 0.05) is 12.8 Å². The molecular weight excluding hydrogens is 236 g/mol. The van der Waals surface area contributed by atoms with Crippen LogP contribution >= 0.6 is 0 Å². The van der Waals surface area contributed by atoms with Gasteiger partial charge in [-0.05, 0) is 12.8 Å². The lowest BCUT2D eigenvalue weighted by atomic mass is 10.1. The van der Waals surface area contributed by atoms with Gasteiger partial charge in [-0.3, -0.25) is 14.4 Å². The van der Waals surface area contributed by atoms with Crippen molar-refractivity contribution in [1.29, 1.82) is 5.26 Å². The topological polar surface area (TPSA) is 80.8 Å². The number of nitriles is 1. The van der Waals surface area contributed by atoms with Crippen molar-refractivity contribution in [1.82, 2.24) is 0 Å². The summed E-state index contributed by atoms with van der Waals surface area (Å²) in [7, 11) is 0. The Labute approximate surface area is 106 Å². The molecule has 0 aromatic rings. The van der Waals surface area contributed by atoms with Crippen molar-refractivity contribution >= 4 is 11.9 Å². The summed E-state index contributed by atoms with van der Waals surface area (Å²) < 4.78 is 9.16. The summed E-state index contributed by atoms with van der Waals surface area (Å²) in [5.74, 6) is -0.729. The van der Waals surface area contributed by atoms with Crippen LogP contribution in [0.1, 0.15) is 38.5 Å². The number of rotatable bonds is 9. The van der Waals surface area contributed by atoms with E-state index in [1.165, 1.54) is 0 Å². The fraction of sp³-hybridized carbons (Fsp3) is 0.667. The third-order valence-corrected chi connectivity index (χ3v) is 2.10. The molecule has 0 atom stereocenters. The number of esters is 2. The first kappa shape index (κ1) is 15.9. The van der Waals surface area contributed by atoms with Crippen LogP contribution in [-0.2, 0) is 19.1 Å². The average Bonchev–Trinajstić information content (AvgIpc) is 2.37. The average molecular weight is 252 g/mol. The maximum Gasteiger partial charge on any atom is 0.359 e. The molecule has 98 valence electrons. The van der Waals surface area contributed by atoms with Crippen LogP contribution in [0.15, 0.2) is 0 Å². The van der Waals surface area contributed by atoms with Crippen LogP contribution < -0.4 is 0 Å². The summed E-state index contributed by atoms with van der Waals surface area (Å²) in [6.07, 6.45) is 3.60. The van der Waals surface area contributed by atoms with Crippen LogP contribution in [0.5, 0.6) is 0 Å². The van der Waals surface area contributed by atoms with E-state index in [9.17, 15) is 9.59 Å². The molecule has 0 radical (unpaired) electrons. The Kier molecular flexibility index (Phi) is 10.1. The molecule has 0 N–H and O–H groups in total. The van der Waals surface area contributed by atoms with E-state index in [-0.39, 0.29) is 25.3 Å². The highest BCUT2D eigenvalue weighted by molar-refractivity contribution is 5.69. The zero-order chi connectivity index (χ0) is 13.6. The summed E-state index contributed by atoms with van der Waals surface area (Å²) >= 11 is 0. The molecule has 18 heavy (non-hydrogen) atoms. The summed E-state index contributed by atoms with van der Waals surface area (Å²) in [5, 5.41) is 8.18. The highest BCUT2D eigenvalue weighted by atomic mass is 16.5. The molecule has 6 nitrogen and oxygen atoms in total. The van der Waals surface area contributed by atoms with Crippen LogP contribution in [0.2, 0.25) is 0 Å². The molecule has 0 aromatic heterocycles. The second kappa shape index (κ2) is 11.4. The standard InChI is InChI=1S/C12H16N2O4/c1-14-10-18-12(16)7-5-3-2-4-6-11(15)17-9-8-13/h2-7,9-10H2. The molecular formula is C12H16N2O4. The summed E-state index contributed by atoms with van der Waals surface area (Å²) in [4.78, 5) is 24.9. The molecule has 0 aliphatic carbocycles. The van der Waals surface area contributed by atoms with Crippen molar-refractivity contribution in [2.24, 2.45) is 0 Å². The lowest BCUT2D eigenvalue weighted by Crippen LogP contribution is -2.04. The fourth-order valence-electron chi connectivity index (χ4n) is 1.25. The zero-order valence-electron chi connectivity index (χ0n) is 10.2. The minimum absolute atomic E-state index is 0.203. The predicted molar refractivity (Wildman–Crippen MR) is 61.8 cm³/mol. The van der Waals surface area contributed by atoms with Gasteiger partial charge < -0.3 is 9.47 Å². The molecule has 0 spiro atoms. The first-order chi connectivity index (χ1) is 8.70. The molecule has 0 rings (SSSR count). The van der Waals surface area contributed by atoms with E-state index in [0.29, 0.717) is 25.7 Å². The molecule has 0 saturated heterocycles. The van der Waals surface area contributed by atoms with Crippen LogP contribution in [-0.4, -0.2) is 25.3 Å². The van der Waals surface area contributed by atoms with Gasteiger partial charge >= 0.3 is 18.7 Å². The number of ether oxygens (including phenoxy) is 2. The molecule has 0 amide bonds. The van der Waals surface area contributed by atoms with Gasteiger partial charge in [0.25, 0.3) is 0 Å². The third kappa shape index (κ3) is 10.4. The number of carbonyl (C=O) groups excluding carboxylic acids is 2. The maximum atomic E-state index is 11.0. The van der Waals surface area contributed by atoms with Gasteiger partial charge in [0.2, 0.25) is 0 Å².